The molecule has 8 heteroatoms. The summed E-state index contributed by atoms with van der Waals surface area (Å²) in [6.07, 6.45) is 3.35. The molecule has 0 spiro atoms. The van der Waals surface area contributed by atoms with Crippen molar-refractivity contribution in [1.29, 1.82) is 0 Å². The zero-order chi connectivity index (χ0) is 16.1. The van der Waals surface area contributed by atoms with Crippen LogP contribution >= 0.6 is 0 Å². The molecule has 1 rings (SSSR count). The molecule has 0 aromatic rings. The van der Waals surface area contributed by atoms with E-state index in [0.29, 0.717) is 0 Å². The van der Waals surface area contributed by atoms with Crippen molar-refractivity contribution in [3.05, 3.63) is 0 Å². The van der Waals surface area contributed by atoms with E-state index in [2.05, 4.69) is 47.0 Å². The molecule has 1 atom stereocenters. The van der Waals surface area contributed by atoms with Crippen molar-refractivity contribution >= 4 is 35.0 Å². The molecule has 1 saturated heterocycles. The Morgan fingerprint density at radius 2 is 1.29 bits per heavy atom. The predicted octanol–water partition coefficient (Wildman–Crippen LogP) is 4.36. The molecule has 1 aliphatic heterocycles. The van der Waals surface area contributed by atoms with Crippen LogP contribution < -0.4 is 0 Å². The summed E-state index contributed by atoms with van der Waals surface area (Å²) in [7, 11) is -8.14. The summed E-state index contributed by atoms with van der Waals surface area (Å²) in [5.74, 6) is 0. The maximum Gasteiger partial charge on any atom is 0.320 e. The predicted molar refractivity (Wildman–Crippen MR) is 97.5 cm³/mol. The molecule has 0 N–H and O–H groups in total. The fourth-order valence-corrected chi connectivity index (χ4v) is 23.3. The van der Waals surface area contributed by atoms with Crippen molar-refractivity contribution in [3.8, 4) is 0 Å². The van der Waals surface area contributed by atoms with E-state index < -0.39 is 35.0 Å². The zero-order valence-corrected chi connectivity index (χ0v) is 19.1. The molecule has 21 heavy (non-hydrogen) atoms. The van der Waals surface area contributed by atoms with E-state index in [1.807, 2.05) is 0 Å². The van der Waals surface area contributed by atoms with Crippen molar-refractivity contribution < 1.29 is 16.5 Å². The average molecular weight is 367 g/mol. The molecule has 0 aromatic heterocycles. The smallest absolute Gasteiger partial charge is 0.320 e. The number of rotatable bonds is 6. The number of hydrogen-bond donors (Lipinski definition) is 0. The molecule has 1 unspecified atom stereocenters. The zero-order valence-electron chi connectivity index (χ0n) is 15.0. The van der Waals surface area contributed by atoms with E-state index in [-0.39, 0.29) is 0 Å². The highest BCUT2D eigenvalue weighted by Crippen LogP contribution is 2.33. The molecule has 1 heterocycles. The van der Waals surface area contributed by atoms with Gasteiger partial charge in [0.15, 0.2) is 0 Å². The van der Waals surface area contributed by atoms with Crippen molar-refractivity contribution in [1.82, 2.24) is 0 Å². The van der Waals surface area contributed by atoms with Crippen LogP contribution in [0.1, 0.15) is 40.0 Å². The van der Waals surface area contributed by atoms with E-state index in [1.165, 1.54) is 0 Å². The SMILES string of the molecule is CCC[SiH]1O[Si](C)(C)O[Si](C)(C)O[Si](CCC)(CCC)O1. The lowest BCUT2D eigenvalue weighted by molar-refractivity contribution is 0.238. The highest BCUT2D eigenvalue weighted by molar-refractivity contribution is 6.90. The van der Waals surface area contributed by atoms with Crippen molar-refractivity contribution in [3.63, 3.8) is 0 Å². The average Bonchev–Trinajstić information content (AvgIpc) is 2.24. The summed E-state index contributed by atoms with van der Waals surface area (Å²) < 4.78 is 26.2. The van der Waals surface area contributed by atoms with Crippen LogP contribution in [0.5, 0.6) is 0 Å². The van der Waals surface area contributed by atoms with Gasteiger partial charge in [-0.2, -0.15) is 0 Å². The molecule has 0 radical (unpaired) electrons. The molecule has 1 fully saturated rings. The summed E-state index contributed by atoms with van der Waals surface area (Å²) in [6, 6.07) is 3.20. The topological polar surface area (TPSA) is 36.9 Å². The van der Waals surface area contributed by atoms with Crippen molar-refractivity contribution in [2.75, 3.05) is 0 Å². The van der Waals surface area contributed by atoms with Gasteiger partial charge in [-0.3, -0.25) is 0 Å². The van der Waals surface area contributed by atoms with Crippen LogP contribution in [-0.2, 0) is 16.5 Å². The third kappa shape index (κ3) is 6.38. The van der Waals surface area contributed by atoms with E-state index in [9.17, 15) is 0 Å². The van der Waals surface area contributed by atoms with Crippen LogP contribution in [0.3, 0.4) is 0 Å². The number of hydrogen-bond acceptors (Lipinski definition) is 4. The Labute approximate surface area is 136 Å². The van der Waals surface area contributed by atoms with E-state index in [0.717, 1.165) is 37.4 Å². The highest BCUT2D eigenvalue weighted by Gasteiger charge is 2.50. The van der Waals surface area contributed by atoms with Gasteiger partial charge in [0.1, 0.15) is 0 Å². The Morgan fingerprint density at radius 3 is 1.76 bits per heavy atom. The maximum atomic E-state index is 6.69. The second-order valence-corrected chi connectivity index (χ2v) is 20.2. The van der Waals surface area contributed by atoms with Crippen LogP contribution in [0.4, 0.5) is 0 Å². The van der Waals surface area contributed by atoms with E-state index in [1.54, 1.807) is 0 Å². The Bertz CT molecular complexity index is 319. The normalized spacial score (nSPS) is 27.9. The minimum atomic E-state index is -2.18. The first-order chi connectivity index (χ1) is 9.67. The fourth-order valence-electron chi connectivity index (χ4n) is 3.15. The Hall–Kier alpha value is 0.708. The van der Waals surface area contributed by atoms with E-state index in [4.69, 9.17) is 16.5 Å². The lowest BCUT2D eigenvalue weighted by Gasteiger charge is -2.46. The van der Waals surface area contributed by atoms with Gasteiger partial charge in [0.05, 0.1) is 0 Å². The fraction of sp³-hybridized carbons (Fsp3) is 1.00. The van der Waals surface area contributed by atoms with Gasteiger partial charge >= 0.3 is 35.0 Å². The molecular weight excluding hydrogens is 332 g/mol. The molecule has 0 aromatic carbocycles. The van der Waals surface area contributed by atoms with Crippen molar-refractivity contribution in [2.45, 2.75) is 84.4 Å². The first-order valence-corrected chi connectivity index (χ1v) is 18.1. The first kappa shape index (κ1) is 19.8. The lowest BCUT2D eigenvalue weighted by Crippen LogP contribution is -2.62. The summed E-state index contributed by atoms with van der Waals surface area (Å²) in [5.41, 5.74) is 0. The largest absolute Gasteiger partial charge is 0.418 e. The molecule has 126 valence electrons. The minimum absolute atomic E-state index is 1.06. The van der Waals surface area contributed by atoms with Crippen LogP contribution in [-0.4, -0.2) is 35.0 Å². The molecule has 0 saturated carbocycles. The first-order valence-electron chi connectivity index (χ1n) is 8.43. The minimum Gasteiger partial charge on any atom is -0.418 e. The summed E-state index contributed by atoms with van der Waals surface area (Å²) in [5, 5.41) is 0. The van der Waals surface area contributed by atoms with Crippen LogP contribution in [0.15, 0.2) is 0 Å². The molecule has 4 nitrogen and oxygen atoms in total. The molecule has 0 aliphatic carbocycles. The van der Waals surface area contributed by atoms with Gasteiger partial charge < -0.3 is 16.5 Å². The van der Waals surface area contributed by atoms with Gasteiger partial charge in [-0.25, -0.2) is 0 Å². The molecule has 1 aliphatic rings. The Balaban J connectivity index is 3.05. The van der Waals surface area contributed by atoms with Crippen LogP contribution in [0, 0.1) is 0 Å². The second-order valence-electron chi connectivity index (χ2n) is 6.87. The molecular formula is C13H34O4Si4. The molecule has 0 bridgehead atoms. The van der Waals surface area contributed by atoms with Crippen LogP contribution in [0.2, 0.25) is 44.3 Å². The Kier molecular flexibility index (Phi) is 7.52. The molecule has 0 amide bonds. The van der Waals surface area contributed by atoms with E-state index >= 15 is 0 Å². The van der Waals surface area contributed by atoms with Gasteiger partial charge in [-0.05, 0) is 44.3 Å². The van der Waals surface area contributed by atoms with Gasteiger partial charge in [0, 0.05) is 0 Å². The van der Waals surface area contributed by atoms with Gasteiger partial charge in [-0.1, -0.05) is 40.0 Å². The highest BCUT2D eigenvalue weighted by atomic mass is 28.5. The van der Waals surface area contributed by atoms with Gasteiger partial charge in [0.2, 0.25) is 0 Å². The second kappa shape index (κ2) is 8.00. The van der Waals surface area contributed by atoms with Gasteiger partial charge in [0.25, 0.3) is 0 Å². The summed E-state index contributed by atoms with van der Waals surface area (Å²) >= 11 is 0. The maximum absolute atomic E-state index is 6.69. The Morgan fingerprint density at radius 1 is 0.714 bits per heavy atom. The van der Waals surface area contributed by atoms with Crippen LogP contribution in [0.25, 0.3) is 0 Å². The summed E-state index contributed by atoms with van der Waals surface area (Å²) in [4.78, 5) is 0. The van der Waals surface area contributed by atoms with Crippen molar-refractivity contribution in [2.24, 2.45) is 0 Å². The standard InChI is InChI=1S/C13H34O4Si4/c1-8-11-18-14-19(4,5)16-20(6,7)17-21(15-18,12-9-2)13-10-3/h18H,8-13H2,1-7H3. The monoisotopic (exact) mass is 366 g/mol. The quantitative estimate of drug-likeness (QED) is 0.654. The third-order valence-corrected chi connectivity index (χ3v) is 20.5. The third-order valence-electron chi connectivity index (χ3n) is 3.47. The lowest BCUT2D eigenvalue weighted by atomic mass is 10.6. The summed E-state index contributed by atoms with van der Waals surface area (Å²) in [6.45, 7) is 15.2. The van der Waals surface area contributed by atoms with Gasteiger partial charge in [-0.15, -0.1) is 0 Å².